The third-order valence-corrected chi connectivity index (χ3v) is 7.39. The molecule has 0 aromatic carbocycles. The van der Waals surface area contributed by atoms with Crippen molar-refractivity contribution in [1.82, 2.24) is 0 Å². The van der Waals surface area contributed by atoms with Gasteiger partial charge in [0.2, 0.25) is 0 Å². The van der Waals surface area contributed by atoms with Crippen LogP contribution in [0.15, 0.2) is 19.7 Å². The van der Waals surface area contributed by atoms with E-state index in [-0.39, 0.29) is 0 Å². The molecule has 0 saturated carbocycles. The lowest BCUT2D eigenvalue weighted by molar-refractivity contribution is 1.78. The van der Waals surface area contributed by atoms with Gasteiger partial charge in [0.25, 0.3) is 0 Å². The molecule has 0 bridgehead atoms. The van der Waals surface area contributed by atoms with Gasteiger partial charge >= 0.3 is 0 Å². The van der Waals surface area contributed by atoms with E-state index in [1.165, 1.54) is 24.5 Å². The molecule has 2 aromatic rings. The second kappa shape index (κ2) is 4.99. The van der Waals surface area contributed by atoms with Crippen LogP contribution < -0.4 is 0 Å². The standard InChI is InChI=1S/C8H2Br2I2S2/c9-5-1-3(11)7(13-5)8-4(12)2-6(10)14-8/h1-2H. The Morgan fingerprint density at radius 2 is 1.21 bits per heavy atom. The first kappa shape index (κ1) is 12.3. The van der Waals surface area contributed by atoms with Crippen LogP contribution in [0.25, 0.3) is 9.75 Å². The number of thiophene rings is 2. The fraction of sp³-hybridized carbons (Fsp3) is 0. The van der Waals surface area contributed by atoms with E-state index >= 15 is 0 Å². The Morgan fingerprint density at radius 1 is 0.857 bits per heavy atom. The van der Waals surface area contributed by atoms with Gasteiger partial charge in [-0.1, -0.05) is 0 Å². The van der Waals surface area contributed by atoms with Crippen molar-refractivity contribution >= 4 is 99.7 Å². The van der Waals surface area contributed by atoms with Gasteiger partial charge in [0.1, 0.15) is 0 Å². The van der Waals surface area contributed by atoms with E-state index in [2.05, 4.69) is 89.2 Å². The van der Waals surface area contributed by atoms with Crippen LogP contribution in [0.3, 0.4) is 0 Å². The fourth-order valence-corrected chi connectivity index (χ4v) is 7.60. The molecular formula is C8H2Br2I2S2. The van der Waals surface area contributed by atoms with Gasteiger partial charge < -0.3 is 0 Å². The lowest BCUT2D eigenvalue weighted by atomic mass is 10.4. The second-order valence-electron chi connectivity index (χ2n) is 2.46. The summed E-state index contributed by atoms with van der Waals surface area (Å²) in [6.07, 6.45) is 0. The van der Waals surface area contributed by atoms with Gasteiger partial charge in [-0.25, -0.2) is 0 Å². The quantitative estimate of drug-likeness (QED) is 0.355. The van der Waals surface area contributed by atoms with Crippen molar-refractivity contribution in [2.24, 2.45) is 0 Å². The van der Waals surface area contributed by atoms with Crippen LogP contribution in [-0.2, 0) is 0 Å². The zero-order valence-corrected chi connectivity index (χ0v) is 15.6. The van der Waals surface area contributed by atoms with E-state index in [1.807, 2.05) is 0 Å². The van der Waals surface area contributed by atoms with Crippen molar-refractivity contribution < 1.29 is 0 Å². The third kappa shape index (κ3) is 2.55. The molecule has 0 aliphatic heterocycles. The van der Waals surface area contributed by atoms with Crippen molar-refractivity contribution in [3.63, 3.8) is 0 Å². The molecule has 6 heteroatoms. The van der Waals surface area contributed by atoms with Crippen molar-refractivity contribution in [2.45, 2.75) is 0 Å². The van der Waals surface area contributed by atoms with Crippen LogP contribution in [-0.4, -0.2) is 0 Å². The Balaban J connectivity index is 2.59. The number of hydrogen-bond acceptors (Lipinski definition) is 2. The van der Waals surface area contributed by atoms with Crippen LogP contribution in [0.1, 0.15) is 0 Å². The minimum Gasteiger partial charge on any atom is -0.126 e. The molecule has 0 unspecified atom stereocenters. The minimum atomic E-state index is 1.19. The lowest BCUT2D eigenvalue weighted by Gasteiger charge is -1.93. The highest BCUT2D eigenvalue weighted by molar-refractivity contribution is 14.1. The molecule has 0 nitrogen and oxygen atoms in total. The van der Waals surface area contributed by atoms with Crippen LogP contribution in [0.5, 0.6) is 0 Å². The predicted molar refractivity (Wildman–Crippen MR) is 88.5 cm³/mol. The number of rotatable bonds is 1. The maximum atomic E-state index is 3.52. The minimum absolute atomic E-state index is 1.19. The number of hydrogen-bond donors (Lipinski definition) is 0. The first-order valence-electron chi connectivity index (χ1n) is 3.48. The molecule has 0 radical (unpaired) electrons. The van der Waals surface area contributed by atoms with E-state index < -0.39 is 0 Å². The van der Waals surface area contributed by atoms with Crippen LogP contribution >= 0.6 is 99.7 Å². The summed E-state index contributed by atoms with van der Waals surface area (Å²) in [6, 6.07) is 4.31. The SMILES string of the molecule is Brc1cc(I)c(-c2sc(Br)cc2I)s1. The van der Waals surface area contributed by atoms with E-state index in [0.717, 1.165) is 0 Å². The third-order valence-electron chi connectivity index (χ3n) is 1.52. The zero-order chi connectivity index (χ0) is 10.3. The highest BCUT2D eigenvalue weighted by Crippen LogP contribution is 2.43. The molecular weight excluding hydrogens is 574 g/mol. The molecule has 0 N–H and O–H groups in total. The van der Waals surface area contributed by atoms with Crippen molar-refractivity contribution in [2.75, 3.05) is 0 Å². The van der Waals surface area contributed by atoms with Gasteiger partial charge in [-0.3, -0.25) is 0 Å². The normalized spacial score (nSPS) is 10.9. The van der Waals surface area contributed by atoms with Gasteiger partial charge in [0.15, 0.2) is 0 Å². The summed E-state index contributed by atoms with van der Waals surface area (Å²) < 4.78 is 5.01. The Morgan fingerprint density at radius 3 is 1.43 bits per heavy atom. The van der Waals surface area contributed by atoms with Crippen LogP contribution in [0, 0.1) is 7.14 Å². The van der Waals surface area contributed by atoms with Gasteiger partial charge in [-0.15, -0.1) is 22.7 Å². The Bertz CT molecular complexity index is 431. The van der Waals surface area contributed by atoms with Gasteiger partial charge in [0.05, 0.1) is 17.3 Å². The Labute approximate surface area is 134 Å². The topological polar surface area (TPSA) is 0 Å². The van der Waals surface area contributed by atoms with E-state index in [0.29, 0.717) is 0 Å². The molecule has 2 heterocycles. The maximum Gasteiger partial charge on any atom is 0.0716 e. The second-order valence-corrected chi connectivity index (χ2v) is 9.64. The molecule has 0 spiro atoms. The summed E-state index contributed by atoms with van der Waals surface area (Å²) in [5.74, 6) is 0. The summed E-state index contributed by atoms with van der Waals surface area (Å²) in [5, 5.41) is 0. The summed E-state index contributed by atoms with van der Waals surface area (Å²) in [6.45, 7) is 0. The fourth-order valence-electron chi connectivity index (χ4n) is 0.991. The van der Waals surface area contributed by atoms with Crippen molar-refractivity contribution in [3.05, 3.63) is 26.8 Å². The predicted octanol–water partition coefficient (Wildman–Crippen LogP) is 6.21. The van der Waals surface area contributed by atoms with Gasteiger partial charge in [-0.2, -0.15) is 0 Å². The highest BCUT2D eigenvalue weighted by Gasteiger charge is 2.13. The molecule has 0 aliphatic carbocycles. The molecule has 14 heavy (non-hydrogen) atoms. The van der Waals surface area contributed by atoms with Gasteiger partial charge in [0, 0.05) is 7.14 Å². The molecule has 0 atom stereocenters. The summed E-state index contributed by atoms with van der Waals surface area (Å²) >= 11 is 15.4. The van der Waals surface area contributed by atoms with E-state index in [9.17, 15) is 0 Å². The summed E-state index contributed by atoms with van der Waals surface area (Å²) in [4.78, 5) is 2.72. The van der Waals surface area contributed by atoms with Crippen molar-refractivity contribution in [3.8, 4) is 9.75 Å². The molecule has 0 amide bonds. The first-order chi connectivity index (χ1) is 6.58. The van der Waals surface area contributed by atoms with E-state index in [4.69, 9.17) is 0 Å². The first-order valence-corrected chi connectivity index (χ1v) is 8.85. The zero-order valence-electron chi connectivity index (χ0n) is 6.48. The smallest absolute Gasteiger partial charge is 0.0716 e. The molecule has 0 fully saturated rings. The average molecular weight is 576 g/mol. The monoisotopic (exact) mass is 574 g/mol. The summed E-state index contributed by atoms with van der Waals surface area (Å²) in [7, 11) is 0. The molecule has 0 aliphatic rings. The lowest BCUT2D eigenvalue weighted by Crippen LogP contribution is -1.71. The molecule has 74 valence electrons. The highest BCUT2D eigenvalue weighted by atomic mass is 127. The van der Waals surface area contributed by atoms with Crippen LogP contribution in [0.4, 0.5) is 0 Å². The Hall–Kier alpha value is 1.82. The van der Waals surface area contributed by atoms with Gasteiger partial charge in [-0.05, 0) is 89.2 Å². The average Bonchev–Trinajstić information content (AvgIpc) is 2.55. The molecule has 0 saturated heterocycles. The maximum absolute atomic E-state index is 3.52. The largest absolute Gasteiger partial charge is 0.126 e. The Kier molecular flexibility index (Phi) is 4.38. The van der Waals surface area contributed by atoms with Crippen molar-refractivity contribution in [1.29, 1.82) is 0 Å². The molecule has 2 rings (SSSR count). The number of halogens is 4. The van der Waals surface area contributed by atoms with E-state index in [1.54, 1.807) is 22.7 Å². The van der Waals surface area contributed by atoms with Crippen LogP contribution in [0.2, 0.25) is 0 Å². The molecule has 2 aromatic heterocycles. The summed E-state index contributed by atoms with van der Waals surface area (Å²) in [5.41, 5.74) is 0.